The number of hydrogen-bond acceptors (Lipinski definition) is 3. The van der Waals surface area contributed by atoms with E-state index in [9.17, 15) is 4.79 Å². The molecule has 1 heterocycles. The Morgan fingerprint density at radius 1 is 1.04 bits per heavy atom. The van der Waals surface area contributed by atoms with Crippen LogP contribution in [-0.4, -0.2) is 43.5 Å². The number of carbonyl (C=O) groups excluding carboxylic acids is 1. The minimum Gasteiger partial charge on any atom is -0.493 e. The third-order valence-electron chi connectivity index (χ3n) is 4.80. The van der Waals surface area contributed by atoms with Crippen molar-refractivity contribution in [2.75, 3.05) is 27.7 Å². The normalized spacial score (nSPS) is 16.5. The lowest BCUT2D eigenvalue weighted by Gasteiger charge is -2.23. The number of nitrogens with zero attached hydrogens (tertiary/aromatic N) is 2. The van der Waals surface area contributed by atoms with Gasteiger partial charge in [-0.05, 0) is 49.7 Å². The van der Waals surface area contributed by atoms with Crippen LogP contribution in [0.1, 0.15) is 23.1 Å². The zero-order chi connectivity index (χ0) is 18.5. The van der Waals surface area contributed by atoms with Gasteiger partial charge in [0.15, 0.2) is 0 Å². The topological polar surface area (TPSA) is 32.8 Å². The summed E-state index contributed by atoms with van der Waals surface area (Å²) in [7, 11) is 6.03. The minimum absolute atomic E-state index is 0.0198. The molecule has 0 aliphatic carbocycles. The van der Waals surface area contributed by atoms with Crippen molar-refractivity contribution >= 4 is 5.91 Å². The number of amides is 1. The monoisotopic (exact) mass is 352 g/mol. The van der Waals surface area contributed by atoms with E-state index in [0.717, 1.165) is 30.7 Å². The molecule has 0 aromatic heterocycles. The molecule has 3 rings (SSSR count). The second-order valence-electron chi connectivity index (χ2n) is 7.40. The maximum atomic E-state index is 13.0. The molecule has 1 aliphatic rings. The van der Waals surface area contributed by atoms with Crippen molar-refractivity contribution in [3.05, 3.63) is 65.2 Å². The van der Waals surface area contributed by atoms with Gasteiger partial charge >= 0.3 is 0 Å². The van der Waals surface area contributed by atoms with Crippen LogP contribution in [0.2, 0.25) is 0 Å². The number of para-hydroxylation sites is 1. The summed E-state index contributed by atoms with van der Waals surface area (Å²) in [6.45, 7) is 2.14. The third kappa shape index (κ3) is 4.64. The van der Waals surface area contributed by atoms with Gasteiger partial charge in [0, 0.05) is 26.1 Å². The average molecular weight is 352 g/mol. The molecule has 0 spiro atoms. The Morgan fingerprint density at radius 2 is 1.77 bits per heavy atom. The van der Waals surface area contributed by atoms with E-state index >= 15 is 0 Å². The molecule has 0 bridgehead atoms. The first-order chi connectivity index (χ1) is 12.5. The fraction of sp³-hybridized carbons (Fsp3) is 0.409. The number of fused-ring (bicyclic) bond motifs is 1. The molecule has 138 valence electrons. The highest BCUT2D eigenvalue weighted by atomic mass is 16.5. The van der Waals surface area contributed by atoms with Gasteiger partial charge in [-0.1, -0.05) is 42.5 Å². The molecule has 4 nitrogen and oxygen atoms in total. The first-order valence-electron chi connectivity index (χ1n) is 9.21. The molecule has 1 atom stereocenters. The summed E-state index contributed by atoms with van der Waals surface area (Å²) >= 11 is 0. The first-order valence-corrected chi connectivity index (χ1v) is 9.21. The van der Waals surface area contributed by atoms with E-state index in [1.165, 1.54) is 11.1 Å². The minimum atomic E-state index is -0.0198. The molecule has 0 radical (unpaired) electrons. The molecule has 2 aromatic rings. The number of carbonyl (C=O) groups is 1. The SMILES string of the molecule is CN(C)Cc1cccc(CN(C)C(=O)[C@@H]2CCOc3ccccc3C2)c1. The Hall–Kier alpha value is -2.33. The highest BCUT2D eigenvalue weighted by molar-refractivity contribution is 5.79. The summed E-state index contributed by atoms with van der Waals surface area (Å²) in [6, 6.07) is 16.5. The molecule has 0 saturated heterocycles. The second-order valence-corrected chi connectivity index (χ2v) is 7.40. The molecule has 1 amide bonds. The van der Waals surface area contributed by atoms with Crippen LogP contribution < -0.4 is 4.74 Å². The summed E-state index contributed by atoms with van der Waals surface area (Å²) < 4.78 is 5.80. The van der Waals surface area contributed by atoms with Gasteiger partial charge in [-0.15, -0.1) is 0 Å². The van der Waals surface area contributed by atoms with E-state index in [1.54, 1.807) is 0 Å². The van der Waals surface area contributed by atoms with Crippen LogP contribution in [0.15, 0.2) is 48.5 Å². The summed E-state index contributed by atoms with van der Waals surface area (Å²) in [6.07, 6.45) is 1.51. The molecule has 0 fully saturated rings. The number of rotatable bonds is 5. The van der Waals surface area contributed by atoms with Gasteiger partial charge in [-0.2, -0.15) is 0 Å². The van der Waals surface area contributed by atoms with E-state index in [2.05, 4.69) is 49.3 Å². The Morgan fingerprint density at radius 3 is 2.54 bits per heavy atom. The Kier molecular flexibility index (Phi) is 5.94. The van der Waals surface area contributed by atoms with Gasteiger partial charge in [-0.25, -0.2) is 0 Å². The average Bonchev–Trinajstić information content (AvgIpc) is 2.83. The molecule has 0 unspecified atom stereocenters. The molecular formula is C22H28N2O2. The lowest BCUT2D eigenvalue weighted by Crippen LogP contribution is -2.33. The quantitative estimate of drug-likeness (QED) is 0.827. The van der Waals surface area contributed by atoms with Crippen LogP contribution in [0.5, 0.6) is 5.75 Å². The van der Waals surface area contributed by atoms with E-state index in [-0.39, 0.29) is 11.8 Å². The van der Waals surface area contributed by atoms with Crippen molar-refractivity contribution in [3.8, 4) is 5.75 Å². The predicted molar refractivity (Wildman–Crippen MR) is 104 cm³/mol. The molecule has 0 saturated carbocycles. The zero-order valence-electron chi connectivity index (χ0n) is 15.9. The smallest absolute Gasteiger partial charge is 0.226 e. The lowest BCUT2D eigenvalue weighted by molar-refractivity contribution is -0.135. The van der Waals surface area contributed by atoms with E-state index in [0.29, 0.717) is 13.2 Å². The van der Waals surface area contributed by atoms with Crippen LogP contribution in [0.3, 0.4) is 0 Å². The third-order valence-corrected chi connectivity index (χ3v) is 4.80. The van der Waals surface area contributed by atoms with Crippen molar-refractivity contribution < 1.29 is 9.53 Å². The Bertz CT molecular complexity index is 757. The van der Waals surface area contributed by atoms with E-state index in [4.69, 9.17) is 4.74 Å². The van der Waals surface area contributed by atoms with Crippen molar-refractivity contribution in [1.29, 1.82) is 0 Å². The van der Waals surface area contributed by atoms with Crippen LogP contribution >= 0.6 is 0 Å². The van der Waals surface area contributed by atoms with Gasteiger partial charge < -0.3 is 14.5 Å². The number of hydrogen-bond donors (Lipinski definition) is 0. The Balaban J connectivity index is 1.66. The van der Waals surface area contributed by atoms with Crippen LogP contribution in [0.25, 0.3) is 0 Å². The maximum absolute atomic E-state index is 13.0. The standard InChI is InChI=1S/C22H28N2O2/c1-23(2)15-17-7-6-8-18(13-17)16-24(3)22(25)20-11-12-26-21-10-5-4-9-19(21)14-20/h4-10,13,20H,11-12,14-16H2,1-3H3/t20-/m1/s1. The molecular weight excluding hydrogens is 324 g/mol. The van der Waals surface area contributed by atoms with Gasteiger partial charge in [0.2, 0.25) is 5.91 Å². The lowest BCUT2D eigenvalue weighted by atomic mass is 9.95. The van der Waals surface area contributed by atoms with Crippen LogP contribution in [0.4, 0.5) is 0 Å². The zero-order valence-corrected chi connectivity index (χ0v) is 15.9. The second kappa shape index (κ2) is 8.37. The Labute approximate surface area is 156 Å². The number of ether oxygens (including phenoxy) is 1. The summed E-state index contributed by atoms with van der Waals surface area (Å²) in [5, 5.41) is 0. The predicted octanol–water partition coefficient (Wildman–Crippen LogP) is 3.35. The molecule has 0 N–H and O–H groups in total. The van der Waals surface area contributed by atoms with Gasteiger partial charge in [0.25, 0.3) is 0 Å². The molecule has 1 aliphatic heterocycles. The largest absolute Gasteiger partial charge is 0.493 e. The first kappa shape index (κ1) is 18.5. The summed E-state index contributed by atoms with van der Waals surface area (Å²) in [5.41, 5.74) is 3.57. The van der Waals surface area contributed by atoms with Crippen molar-refractivity contribution in [1.82, 2.24) is 9.80 Å². The molecule has 4 heteroatoms. The molecule has 26 heavy (non-hydrogen) atoms. The van der Waals surface area contributed by atoms with Crippen LogP contribution in [0, 0.1) is 5.92 Å². The van der Waals surface area contributed by atoms with E-state index in [1.807, 2.05) is 30.1 Å². The van der Waals surface area contributed by atoms with Crippen molar-refractivity contribution in [2.45, 2.75) is 25.9 Å². The summed E-state index contributed by atoms with van der Waals surface area (Å²) in [5.74, 6) is 1.10. The fourth-order valence-electron chi connectivity index (χ4n) is 3.56. The van der Waals surface area contributed by atoms with Gasteiger partial charge in [-0.3, -0.25) is 4.79 Å². The maximum Gasteiger partial charge on any atom is 0.226 e. The fourth-order valence-corrected chi connectivity index (χ4v) is 3.56. The van der Waals surface area contributed by atoms with Crippen LogP contribution in [-0.2, 0) is 24.3 Å². The van der Waals surface area contributed by atoms with Gasteiger partial charge in [0.05, 0.1) is 6.61 Å². The highest BCUT2D eigenvalue weighted by Gasteiger charge is 2.26. The van der Waals surface area contributed by atoms with Crippen molar-refractivity contribution in [2.24, 2.45) is 5.92 Å². The molecule has 2 aromatic carbocycles. The summed E-state index contributed by atoms with van der Waals surface area (Å²) in [4.78, 5) is 17.0. The van der Waals surface area contributed by atoms with Gasteiger partial charge in [0.1, 0.15) is 5.75 Å². The number of benzene rings is 2. The van der Waals surface area contributed by atoms with Crippen molar-refractivity contribution in [3.63, 3.8) is 0 Å². The van der Waals surface area contributed by atoms with E-state index < -0.39 is 0 Å². The highest BCUT2D eigenvalue weighted by Crippen LogP contribution is 2.27.